The molecule has 2 nitrogen and oxygen atoms in total. The summed E-state index contributed by atoms with van der Waals surface area (Å²) in [7, 11) is 0. The molecule has 2 rings (SSSR count). The first-order chi connectivity index (χ1) is 9.92. The predicted molar refractivity (Wildman–Crippen MR) is 93.0 cm³/mol. The van der Waals surface area contributed by atoms with Crippen LogP contribution in [-0.2, 0) is 6.42 Å². The Labute approximate surface area is 141 Å². The minimum absolute atomic E-state index is 0.275. The van der Waals surface area contributed by atoms with E-state index in [-0.39, 0.29) is 11.4 Å². The van der Waals surface area contributed by atoms with E-state index in [0.717, 1.165) is 16.6 Å². The Morgan fingerprint density at radius 1 is 1.14 bits per heavy atom. The van der Waals surface area contributed by atoms with Gasteiger partial charge in [-0.3, -0.25) is 0 Å². The molecule has 0 saturated heterocycles. The summed E-state index contributed by atoms with van der Waals surface area (Å²) in [6.07, 6.45) is 0.784. The van der Waals surface area contributed by atoms with Gasteiger partial charge in [0, 0.05) is 16.7 Å². The molecule has 0 aromatic heterocycles. The van der Waals surface area contributed by atoms with Gasteiger partial charge in [0.1, 0.15) is 5.82 Å². The molecule has 0 bridgehead atoms. The second-order valence-electron chi connectivity index (χ2n) is 5.32. The molecule has 5 heteroatoms. The first-order valence-corrected chi connectivity index (χ1v) is 8.18. The molecule has 0 aliphatic carbocycles. The van der Waals surface area contributed by atoms with Crippen LogP contribution in [0, 0.1) is 5.82 Å². The molecule has 112 valence electrons. The average molecular weight is 416 g/mol. The smallest absolute Gasteiger partial charge is 0.137 e. The third-order valence-corrected chi connectivity index (χ3v) is 4.46. The van der Waals surface area contributed by atoms with Gasteiger partial charge < -0.3 is 11.1 Å². The van der Waals surface area contributed by atoms with Crippen molar-refractivity contribution >= 4 is 37.5 Å². The van der Waals surface area contributed by atoms with Gasteiger partial charge in [-0.05, 0) is 65.2 Å². The molecule has 0 fully saturated rings. The largest absolute Gasteiger partial charge is 0.378 e. The quantitative estimate of drug-likeness (QED) is 0.741. The third-order valence-electron chi connectivity index (χ3n) is 3.32. The molecule has 21 heavy (non-hydrogen) atoms. The Bertz CT molecular complexity index is 616. The molecule has 0 aliphatic rings. The van der Waals surface area contributed by atoms with Crippen LogP contribution in [0.2, 0.25) is 0 Å². The summed E-state index contributed by atoms with van der Waals surface area (Å²) in [6, 6.07) is 13.0. The van der Waals surface area contributed by atoms with Crippen molar-refractivity contribution in [3.63, 3.8) is 0 Å². The van der Waals surface area contributed by atoms with Crippen LogP contribution in [0.15, 0.2) is 51.4 Å². The van der Waals surface area contributed by atoms with Gasteiger partial charge in [0.25, 0.3) is 0 Å². The third kappa shape index (κ3) is 4.53. The van der Waals surface area contributed by atoms with Gasteiger partial charge >= 0.3 is 0 Å². The van der Waals surface area contributed by atoms with Crippen LogP contribution in [0.3, 0.4) is 0 Å². The van der Waals surface area contributed by atoms with Gasteiger partial charge in [0.2, 0.25) is 0 Å². The Kier molecular flexibility index (Phi) is 5.41. The molecule has 0 aliphatic heterocycles. The summed E-state index contributed by atoms with van der Waals surface area (Å²) in [5.74, 6) is -0.275. The lowest BCUT2D eigenvalue weighted by atomic mass is 9.92. The van der Waals surface area contributed by atoms with Crippen molar-refractivity contribution in [1.82, 2.24) is 0 Å². The van der Waals surface area contributed by atoms with E-state index in [9.17, 15) is 4.39 Å². The minimum Gasteiger partial charge on any atom is -0.378 e. The topological polar surface area (TPSA) is 38.0 Å². The first-order valence-electron chi connectivity index (χ1n) is 6.60. The number of benzene rings is 2. The molecular weight excluding hydrogens is 399 g/mol. The molecular formula is C16H17Br2FN2. The minimum atomic E-state index is -0.300. The number of rotatable bonds is 5. The van der Waals surface area contributed by atoms with Crippen molar-refractivity contribution < 1.29 is 4.39 Å². The number of halogens is 3. The second kappa shape index (κ2) is 6.90. The molecule has 0 radical (unpaired) electrons. The maximum Gasteiger partial charge on any atom is 0.137 e. The Balaban J connectivity index is 2.16. The first kappa shape index (κ1) is 16.5. The SMILES string of the molecule is CC(CN)(Cc1ccc(Br)cc1)Nc1ccc(F)c(Br)c1. The van der Waals surface area contributed by atoms with Crippen LogP contribution in [0.1, 0.15) is 12.5 Å². The number of hydrogen-bond donors (Lipinski definition) is 2. The average Bonchev–Trinajstić information content (AvgIpc) is 2.45. The highest BCUT2D eigenvalue weighted by Crippen LogP contribution is 2.24. The fraction of sp³-hybridized carbons (Fsp3) is 0.250. The van der Waals surface area contributed by atoms with Crippen molar-refractivity contribution in [1.29, 1.82) is 0 Å². The lowest BCUT2D eigenvalue weighted by Crippen LogP contribution is -2.44. The summed E-state index contributed by atoms with van der Waals surface area (Å²) < 4.78 is 14.8. The van der Waals surface area contributed by atoms with Gasteiger partial charge in [-0.1, -0.05) is 28.1 Å². The number of anilines is 1. The van der Waals surface area contributed by atoms with Crippen LogP contribution in [0.5, 0.6) is 0 Å². The molecule has 0 saturated carbocycles. The van der Waals surface area contributed by atoms with Crippen molar-refractivity contribution in [2.45, 2.75) is 18.9 Å². The summed E-state index contributed by atoms with van der Waals surface area (Å²) in [6.45, 7) is 2.53. The van der Waals surface area contributed by atoms with E-state index in [2.05, 4.69) is 56.2 Å². The fourth-order valence-electron chi connectivity index (χ4n) is 2.14. The summed E-state index contributed by atoms with van der Waals surface area (Å²) >= 11 is 6.63. The van der Waals surface area contributed by atoms with Crippen LogP contribution in [0.25, 0.3) is 0 Å². The summed E-state index contributed by atoms with van der Waals surface area (Å²) in [4.78, 5) is 0. The Morgan fingerprint density at radius 2 is 1.81 bits per heavy atom. The molecule has 2 aromatic carbocycles. The van der Waals surface area contributed by atoms with E-state index >= 15 is 0 Å². The van der Waals surface area contributed by atoms with Crippen LogP contribution in [-0.4, -0.2) is 12.1 Å². The zero-order valence-electron chi connectivity index (χ0n) is 11.7. The standard InChI is InChI=1S/C16H17Br2FN2/c1-16(10-20,9-11-2-4-12(17)5-3-11)21-13-6-7-15(19)14(18)8-13/h2-8,21H,9-10,20H2,1H3. The maximum absolute atomic E-state index is 13.3. The Morgan fingerprint density at radius 3 is 2.38 bits per heavy atom. The fourth-order valence-corrected chi connectivity index (χ4v) is 2.79. The van der Waals surface area contributed by atoms with Crippen molar-refractivity contribution in [3.8, 4) is 0 Å². The molecule has 2 aromatic rings. The monoisotopic (exact) mass is 414 g/mol. The highest BCUT2D eigenvalue weighted by atomic mass is 79.9. The van der Waals surface area contributed by atoms with Gasteiger partial charge in [0.05, 0.1) is 10.0 Å². The van der Waals surface area contributed by atoms with E-state index in [1.165, 1.54) is 11.6 Å². The van der Waals surface area contributed by atoms with E-state index < -0.39 is 0 Å². The highest BCUT2D eigenvalue weighted by molar-refractivity contribution is 9.10. The number of nitrogens with two attached hydrogens (primary N) is 1. The molecule has 3 N–H and O–H groups in total. The van der Waals surface area contributed by atoms with Crippen LogP contribution >= 0.6 is 31.9 Å². The summed E-state index contributed by atoms with van der Waals surface area (Å²) in [5, 5.41) is 3.40. The van der Waals surface area contributed by atoms with Crippen LogP contribution < -0.4 is 11.1 Å². The number of hydrogen-bond acceptors (Lipinski definition) is 2. The van der Waals surface area contributed by atoms with Crippen LogP contribution in [0.4, 0.5) is 10.1 Å². The summed E-state index contributed by atoms with van der Waals surface area (Å²) in [5.41, 5.74) is 7.68. The van der Waals surface area contributed by atoms with Gasteiger partial charge in [-0.15, -0.1) is 0 Å². The lowest BCUT2D eigenvalue weighted by Gasteiger charge is -2.31. The molecule has 1 atom stereocenters. The molecule has 1 unspecified atom stereocenters. The second-order valence-corrected chi connectivity index (χ2v) is 7.09. The van der Waals surface area contributed by atoms with Crippen molar-refractivity contribution in [3.05, 3.63) is 62.8 Å². The number of nitrogens with one attached hydrogen (secondary N) is 1. The van der Waals surface area contributed by atoms with Crippen molar-refractivity contribution in [2.75, 3.05) is 11.9 Å². The van der Waals surface area contributed by atoms with E-state index in [1.54, 1.807) is 12.1 Å². The van der Waals surface area contributed by atoms with Crippen molar-refractivity contribution in [2.24, 2.45) is 5.73 Å². The Hall–Kier alpha value is -0.910. The molecule has 0 heterocycles. The maximum atomic E-state index is 13.3. The van der Waals surface area contributed by atoms with Gasteiger partial charge in [-0.25, -0.2) is 4.39 Å². The van der Waals surface area contributed by atoms with Gasteiger partial charge in [-0.2, -0.15) is 0 Å². The normalized spacial score (nSPS) is 13.8. The van der Waals surface area contributed by atoms with E-state index in [0.29, 0.717) is 11.0 Å². The van der Waals surface area contributed by atoms with E-state index in [1.807, 2.05) is 12.1 Å². The predicted octanol–water partition coefficient (Wildman–Crippen LogP) is 4.72. The highest BCUT2D eigenvalue weighted by Gasteiger charge is 2.23. The lowest BCUT2D eigenvalue weighted by molar-refractivity contribution is 0.520. The zero-order chi connectivity index (χ0) is 15.5. The zero-order valence-corrected chi connectivity index (χ0v) is 14.8. The van der Waals surface area contributed by atoms with Gasteiger partial charge in [0.15, 0.2) is 0 Å². The molecule has 0 amide bonds. The van der Waals surface area contributed by atoms with E-state index in [4.69, 9.17) is 5.73 Å². The molecule has 0 spiro atoms.